The van der Waals surface area contributed by atoms with Gasteiger partial charge < -0.3 is 4.98 Å². The van der Waals surface area contributed by atoms with E-state index in [0.717, 1.165) is 51.1 Å². The molecule has 4 heterocycles. The number of hydrogen-bond donors (Lipinski definition) is 1. The highest BCUT2D eigenvalue weighted by atomic mass is 32.1. The fourth-order valence-electron chi connectivity index (χ4n) is 6.22. The van der Waals surface area contributed by atoms with Gasteiger partial charge in [-0.3, -0.25) is 9.36 Å². The molecule has 0 saturated heterocycles. The standard InChI is InChI=1S/C34H25N3OS2/c1-20-9-7-14-24-26(30(35-29(20)24)22-11-3-2-4-12-22)19-28-33(38)37-32(27-15-8-18-39-27)25-17-16-21-10-5-6-13-23(21)31(25)36-34(37)40-28/h2-15,18-19,32,35H,16-17H2,1H3/b28-19+/t32-/m1/s1. The number of thiophene rings is 1. The number of fused-ring (bicyclic) bond motifs is 4. The van der Waals surface area contributed by atoms with Crippen LogP contribution < -0.4 is 14.9 Å². The maximum Gasteiger partial charge on any atom is 0.271 e. The van der Waals surface area contributed by atoms with Crippen molar-refractivity contribution in [2.45, 2.75) is 25.8 Å². The Morgan fingerprint density at radius 2 is 1.80 bits per heavy atom. The van der Waals surface area contributed by atoms with Crippen LogP contribution in [0.1, 0.15) is 39.6 Å². The molecule has 3 aromatic carbocycles. The van der Waals surface area contributed by atoms with E-state index in [2.05, 4.69) is 102 Å². The van der Waals surface area contributed by atoms with Gasteiger partial charge in [-0.1, -0.05) is 90.2 Å². The second-order valence-corrected chi connectivity index (χ2v) is 12.4. The average molecular weight is 556 g/mol. The van der Waals surface area contributed by atoms with Crippen molar-refractivity contribution in [1.82, 2.24) is 9.55 Å². The van der Waals surface area contributed by atoms with Crippen molar-refractivity contribution >= 4 is 45.3 Å². The highest BCUT2D eigenvalue weighted by molar-refractivity contribution is 7.10. The Hall–Kier alpha value is -4.26. The normalized spacial score (nSPS) is 16.5. The number of thiazole rings is 1. The smallest absolute Gasteiger partial charge is 0.271 e. The summed E-state index contributed by atoms with van der Waals surface area (Å²) in [5.41, 5.74) is 10.3. The monoisotopic (exact) mass is 555 g/mol. The van der Waals surface area contributed by atoms with Crippen molar-refractivity contribution in [1.29, 1.82) is 0 Å². The molecule has 3 aromatic heterocycles. The van der Waals surface area contributed by atoms with Crippen LogP contribution in [-0.4, -0.2) is 9.55 Å². The number of aromatic amines is 1. The lowest BCUT2D eigenvalue weighted by atomic mass is 9.85. The first kappa shape index (κ1) is 23.6. The summed E-state index contributed by atoms with van der Waals surface area (Å²) in [5, 5.41) is 3.22. The van der Waals surface area contributed by atoms with E-state index >= 15 is 0 Å². The third kappa shape index (κ3) is 3.56. The van der Waals surface area contributed by atoms with E-state index in [-0.39, 0.29) is 11.6 Å². The van der Waals surface area contributed by atoms with Crippen LogP contribution >= 0.6 is 22.7 Å². The van der Waals surface area contributed by atoms with Crippen molar-refractivity contribution in [3.63, 3.8) is 0 Å². The molecule has 1 aliphatic heterocycles. The Balaban J connectivity index is 1.41. The molecule has 0 amide bonds. The summed E-state index contributed by atoms with van der Waals surface area (Å²) in [7, 11) is 0. The van der Waals surface area contributed by atoms with E-state index in [0.29, 0.717) is 4.53 Å². The summed E-state index contributed by atoms with van der Waals surface area (Å²) in [6.07, 6.45) is 3.95. The Morgan fingerprint density at radius 3 is 2.65 bits per heavy atom. The summed E-state index contributed by atoms with van der Waals surface area (Å²) < 4.78 is 2.64. The van der Waals surface area contributed by atoms with Gasteiger partial charge in [-0.25, -0.2) is 4.99 Å². The number of H-pyrrole nitrogens is 1. The van der Waals surface area contributed by atoms with Crippen molar-refractivity contribution in [3.8, 4) is 11.3 Å². The molecule has 2 aliphatic rings. The number of para-hydroxylation sites is 1. The predicted octanol–water partition coefficient (Wildman–Crippen LogP) is 6.84. The minimum atomic E-state index is -0.124. The third-order valence-electron chi connectivity index (χ3n) is 8.11. The van der Waals surface area contributed by atoms with Crippen LogP contribution in [0.5, 0.6) is 0 Å². The van der Waals surface area contributed by atoms with Gasteiger partial charge in [0.15, 0.2) is 4.80 Å². The molecular formula is C34H25N3OS2. The van der Waals surface area contributed by atoms with Gasteiger partial charge in [0.1, 0.15) is 0 Å². The molecule has 1 N–H and O–H groups in total. The number of allylic oxidation sites excluding steroid dienone is 1. The maximum atomic E-state index is 14.3. The molecule has 0 bridgehead atoms. The van der Waals surface area contributed by atoms with E-state index in [9.17, 15) is 4.79 Å². The topological polar surface area (TPSA) is 50.1 Å². The first-order chi connectivity index (χ1) is 19.7. The molecular weight excluding hydrogens is 531 g/mol. The molecule has 40 heavy (non-hydrogen) atoms. The predicted molar refractivity (Wildman–Crippen MR) is 166 cm³/mol. The quantitative estimate of drug-likeness (QED) is 0.256. The fraction of sp³-hybridized carbons (Fsp3) is 0.118. The second-order valence-electron chi connectivity index (χ2n) is 10.4. The first-order valence-electron chi connectivity index (χ1n) is 13.5. The third-order valence-corrected chi connectivity index (χ3v) is 10.0. The number of benzene rings is 3. The molecule has 1 aliphatic carbocycles. The lowest BCUT2D eigenvalue weighted by Gasteiger charge is -2.30. The summed E-state index contributed by atoms with van der Waals surface area (Å²) in [4.78, 5) is 25.1. The molecule has 1 atom stereocenters. The molecule has 0 saturated carbocycles. The zero-order valence-corrected chi connectivity index (χ0v) is 23.5. The van der Waals surface area contributed by atoms with Gasteiger partial charge in [0.25, 0.3) is 5.56 Å². The van der Waals surface area contributed by atoms with E-state index in [1.54, 1.807) is 11.3 Å². The highest BCUT2D eigenvalue weighted by Crippen LogP contribution is 2.42. The van der Waals surface area contributed by atoms with Crippen LogP contribution in [0.2, 0.25) is 0 Å². The van der Waals surface area contributed by atoms with Crippen molar-refractivity contribution in [2.24, 2.45) is 4.99 Å². The van der Waals surface area contributed by atoms with E-state index in [4.69, 9.17) is 4.99 Å². The number of nitrogens with one attached hydrogen (secondary N) is 1. The maximum absolute atomic E-state index is 14.3. The van der Waals surface area contributed by atoms with Gasteiger partial charge in [-0.15, -0.1) is 11.3 Å². The molecule has 6 heteroatoms. The van der Waals surface area contributed by atoms with Crippen LogP contribution in [0.25, 0.3) is 33.9 Å². The lowest BCUT2D eigenvalue weighted by molar-refractivity contribution is 0.593. The minimum Gasteiger partial charge on any atom is -0.354 e. The van der Waals surface area contributed by atoms with Gasteiger partial charge in [0.2, 0.25) is 0 Å². The number of nitrogens with zero attached hydrogens (tertiary/aromatic N) is 2. The van der Waals surface area contributed by atoms with Gasteiger partial charge in [0, 0.05) is 26.9 Å². The molecule has 0 unspecified atom stereocenters. The average Bonchev–Trinajstić information content (AvgIpc) is 3.72. The Labute approximate surface area is 238 Å². The van der Waals surface area contributed by atoms with Crippen LogP contribution in [-0.2, 0) is 6.42 Å². The van der Waals surface area contributed by atoms with Crippen molar-refractivity contribution in [2.75, 3.05) is 0 Å². The van der Waals surface area contributed by atoms with Gasteiger partial charge >= 0.3 is 0 Å². The second kappa shape index (κ2) is 9.15. The molecule has 0 radical (unpaired) electrons. The molecule has 6 aromatic rings. The Kier molecular flexibility index (Phi) is 5.40. The Morgan fingerprint density at radius 1 is 0.950 bits per heavy atom. The minimum absolute atomic E-state index is 0.0218. The molecule has 194 valence electrons. The largest absolute Gasteiger partial charge is 0.354 e. The summed E-state index contributed by atoms with van der Waals surface area (Å²) >= 11 is 3.20. The molecule has 4 nitrogen and oxygen atoms in total. The fourth-order valence-corrected chi connectivity index (χ4v) is 8.05. The van der Waals surface area contributed by atoms with E-state index in [1.165, 1.54) is 38.5 Å². The van der Waals surface area contributed by atoms with E-state index in [1.807, 2.05) is 10.6 Å². The van der Waals surface area contributed by atoms with E-state index < -0.39 is 0 Å². The number of rotatable bonds is 3. The Bertz CT molecular complexity index is 2140. The van der Waals surface area contributed by atoms with Gasteiger partial charge in [-0.2, -0.15) is 0 Å². The van der Waals surface area contributed by atoms with Crippen molar-refractivity contribution < 1.29 is 0 Å². The SMILES string of the molecule is Cc1cccc2c(/C=c3/sc4n(c3=O)[C@@H](c3cccs3)C3=C(N=4)c4ccccc4CC3)c(-c3ccccc3)[nH]c12. The van der Waals surface area contributed by atoms with Crippen LogP contribution in [0.4, 0.5) is 0 Å². The number of aryl methyl sites for hydroxylation is 2. The lowest BCUT2D eigenvalue weighted by Crippen LogP contribution is -2.38. The summed E-state index contributed by atoms with van der Waals surface area (Å²) in [6, 6.07) is 29.4. The summed E-state index contributed by atoms with van der Waals surface area (Å²) in [6.45, 7) is 2.12. The van der Waals surface area contributed by atoms with Crippen LogP contribution in [0.15, 0.2) is 106 Å². The number of aromatic nitrogens is 2. The number of hydrogen-bond acceptors (Lipinski definition) is 4. The molecule has 8 rings (SSSR count). The van der Waals surface area contributed by atoms with Crippen LogP contribution in [0.3, 0.4) is 0 Å². The highest BCUT2D eigenvalue weighted by Gasteiger charge is 2.33. The summed E-state index contributed by atoms with van der Waals surface area (Å²) in [5.74, 6) is 0. The van der Waals surface area contributed by atoms with Crippen LogP contribution in [0, 0.1) is 6.92 Å². The zero-order valence-electron chi connectivity index (χ0n) is 21.8. The van der Waals surface area contributed by atoms with Gasteiger partial charge in [0.05, 0.1) is 22.0 Å². The van der Waals surface area contributed by atoms with Crippen molar-refractivity contribution in [3.05, 3.63) is 143 Å². The molecule has 0 spiro atoms. The molecule has 0 fully saturated rings. The van der Waals surface area contributed by atoms with Gasteiger partial charge in [-0.05, 0) is 59.6 Å². The first-order valence-corrected chi connectivity index (χ1v) is 15.2. The zero-order chi connectivity index (χ0) is 26.8.